The molecule has 1 heterocycles. The number of likely N-dealkylation sites (tertiary alicyclic amines) is 1. The number of hydrogen-bond donors (Lipinski definition) is 1. The Bertz CT molecular complexity index is 1030. The molecule has 3 rings (SSSR count). The number of Topliss-reactive ketones (excluding diaryl/α,β-unsaturated/α-hetero) is 1. The maximum Gasteiger partial charge on any atom is 0.295 e. The molecule has 0 saturated carbocycles. The Morgan fingerprint density at radius 1 is 1.09 bits per heavy atom. The van der Waals surface area contributed by atoms with Crippen molar-refractivity contribution in [2.24, 2.45) is 0 Å². The van der Waals surface area contributed by atoms with Crippen LogP contribution in [0.4, 0.5) is 0 Å². The van der Waals surface area contributed by atoms with Crippen LogP contribution >= 0.6 is 11.6 Å². The van der Waals surface area contributed by atoms with Crippen LogP contribution in [0.25, 0.3) is 5.76 Å². The molecule has 6 nitrogen and oxygen atoms in total. The van der Waals surface area contributed by atoms with Gasteiger partial charge in [-0.1, -0.05) is 44.5 Å². The minimum absolute atomic E-state index is 0.0809. The summed E-state index contributed by atoms with van der Waals surface area (Å²) >= 11 is 6.24. The van der Waals surface area contributed by atoms with Gasteiger partial charge in [0.2, 0.25) is 0 Å². The van der Waals surface area contributed by atoms with E-state index < -0.39 is 17.7 Å². The van der Waals surface area contributed by atoms with E-state index in [1.54, 1.807) is 47.4 Å². The SMILES string of the molecule is CCCOc1ccc(C(O)=C2C(=O)C(=O)N(CCCN(CC)CC)C2c2cccc(Cl)c2)cc1. The number of nitrogens with zero attached hydrogens (tertiary/aromatic N) is 2. The summed E-state index contributed by atoms with van der Waals surface area (Å²) < 4.78 is 5.61. The molecule has 0 bridgehead atoms. The number of ether oxygens (including phenoxy) is 1. The van der Waals surface area contributed by atoms with Crippen LogP contribution in [-0.4, -0.2) is 59.4 Å². The minimum Gasteiger partial charge on any atom is -0.507 e. The van der Waals surface area contributed by atoms with Crippen LogP contribution in [0.1, 0.15) is 50.8 Å². The highest BCUT2D eigenvalue weighted by atomic mass is 35.5. The lowest BCUT2D eigenvalue weighted by Gasteiger charge is -2.27. The third-order valence-electron chi connectivity index (χ3n) is 6.07. The summed E-state index contributed by atoms with van der Waals surface area (Å²) in [7, 11) is 0. The molecule has 2 aromatic rings. The lowest BCUT2D eigenvalue weighted by molar-refractivity contribution is -0.140. The second kappa shape index (κ2) is 12.0. The summed E-state index contributed by atoms with van der Waals surface area (Å²) in [5.74, 6) is -0.802. The Labute approximate surface area is 206 Å². The molecule has 0 radical (unpaired) electrons. The molecule has 182 valence electrons. The van der Waals surface area contributed by atoms with Crippen molar-refractivity contribution in [2.75, 3.05) is 32.8 Å². The molecule has 2 aromatic carbocycles. The van der Waals surface area contributed by atoms with Crippen LogP contribution in [-0.2, 0) is 9.59 Å². The summed E-state index contributed by atoms with van der Waals surface area (Å²) in [5.41, 5.74) is 1.23. The monoisotopic (exact) mass is 484 g/mol. The second-order valence-corrected chi connectivity index (χ2v) is 8.74. The number of halogens is 1. The number of rotatable bonds is 11. The van der Waals surface area contributed by atoms with Crippen LogP contribution in [0, 0.1) is 0 Å². The van der Waals surface area contributed by atoms with Crippen LogP contribution in [0.5, 0.6) is 5.75 Å². The number of carbonyl (C=O) groups is 2. The number of hydrogen-bond acceptors (Lipinski definition) is 5. The fourth-order valence-corrected chi connectivity index (χ4v) is 4.42. The van der Waals surface area contributed by atoms with Crippen LogP contribution in [0.2, 0.25) is 5.02 Å². The first-order valence-electron chi connectivity index (χ1n) is 11.9. The van der Waals surface area contributed by atoms with Crippen molar-refractivity contribution in [3.8, 4) is 5.75 Å². The quantitative estimate of drug-likeness (QED) is 0.267. The van der Waals surface area contributed by atoms with Gasteiger partial charge in [0.15, 0.2) is 0 Å². The third kappa shape index (κ3) is 5.80. The van der Waals surface area contributed by atoms with Gasteiger partial charge in [0.1, 0.15) is 11.5 Å². The van der Waals surface area contributed by atoms with Crippen molar-refractivity contribution in [1.82, 2.24) is 9.80 Å². The Balaban J connectivity index is 1.98. The highest BCUT2D eigenvalue weighted by Gasteiger charge is 2.45. The Morgan fingerprint density at radius 2 is 1.79 bits per heavy atom. The Morgan fingerprint density at radius 3 is 2.41 bits per heavy atom. The third-order valence-corrected chi connectivity index (χ3v) is 6.31. The first-order chi connectivity index (χ1) is 16.4. The van der Waals surface area contributed by atoms with Crippen LogP contribution in [0.15, 0.2) is 54.1 Å². The minimum atomic E-state index is -0.702. The first-order valence-corrected chi connectivity index (χ1v) is 12.3. The van der Waals surface area contributed by atoms with Crippen molar-refractivity contribution in [3.05, 3.63) is 70.3 Å². The largest absolute Gasteiger partial charge is 0.507 e. The lowest BCUT2D eigenvalue weighted by atomic mass is 9.95. The zero-order chi connectivity index (χ0) is 24.7. The molecule has 34 heavy (non-hydrogen) atoms. The first kappa shape index (κ1) is 25.8. The van der Waals surface area contributed by atoms with E-state index in [1.165, 1.54) is 0 Å². The normalized spacial score (nSPS) is 17.6. The fraction of sp³-hybridized carbons (Fsp3) is 0.407. The standard InChI is InChI=1S/C27H33ClN2O4/c1-4-17-34-22-13-11-19(12-14-22)25(31)23-24(20-9-7-10-21(28)18-20)30(27(33)26(23)32)16-8-15-29(5-2)6-3/h7,9-14,18,24,31H,4-6,8,15-17H2,1-3H3. The average Bonchev–Trinajstić information content (AvgIpc) is 3.10. The number of benzene rings is 2. The van der Waals surface area contributed by atoms with Gasteiger partial charge in [0, 0.05) is 17.1 Å². The molecule has 0 spiro atoms. The molecule has 1 atom stereocenters. The van der Waals surface area contributed by atoms with Crippen molar-refractivity contribution >= 4 is 29.1 Å². The predicted molar refractivity (Wildman–Crippen MR) is 135 cm³/mol. The summed E-state index contributed by atoms with van der Waals surface area (Å²) in [4.78, 5) is 30.0. The second-order valence-electron chi connectivity index (χ2n) is 8.30. The molecular formula is C27H33ClN2O4. The molecule has 1 aliphatic rings. The molecule has 1 N–H and O–H groups in total. The summed E-state index contributed by atoms with van der Waals surface area (Å²) in [6.07, 6.45) is 1.61. The number of aliphatic hydroxyl groups excluding tert-OH is 1. The highest BCUT2D eigenvalue weighted by Crippen LogP contribution is 2.40. The zero-order valence-electron chi connectivity index (χ0n) is 20.1. The van der Waals surface area contributed by atoms with Gasteiger partial charge in [-0.3, -0.25) is 9.59 Å². The summed E-state index contributed by atoms with van der Waals surface area (Å²) in [6, 6.07) is 13.3. The van der Waals surface area contributed by atoms with E-state index in [1.807, 2.05) is 13.0 Å². The highest BCUT2D eigenvalue weighted by molar-refractivity contribution is 6.46. The summed E-state index contributed by atoms with van der Waals surface area (Å²) in [5, 5.41) is 11.7. The van der Waals surface area contributed by atoms with Crippen molar-refractivity contribution in [2.45, 2.75) is 39.7 Å². The molecular weight excluding hydrogens is 452 g/mol. The Kier molecular flexibility index (Phi) is 9.13. The molecule has 1 aliphatic heterocycles. The molecule has 1 saturated heterocycles. The topological polar surface area (TPSA) is 70.1 Å². The molecule has 0 aliphatic carbocycles. The van der Waals surface area contributed by atoms with Gasteiger partial charge in [-0.2, -0.15) is 0 Å². The van der Waals surface area contributed by atoms with Gasteiger partial charge in [0.05, 0.1) is 18.2 Å². The van der Waals surface area contributed by atoms with E-state index in [0.717, 1.165) is 32.5 Å². The van der Waals surface area contributed by atoms with Gasteiger partial charge in [-0.15, -0.1) is 0 Å². The van der Waals surface area contributed by atoms with Gasteiger partial charge < -0.3 is 19.6 Å². The van der Waals surface area contributed by atoms with Crippen molar-refractivity contribution in [1.29, 1.82) is 0 Å². The van der Waals surface area contributed by atoms with Gasteiger partial charge >= 0.3 is 0 Å². The van der Waals surface area contributed by atoms with E-state index in [9.17, 15) is 14.7 Å². The molecule has 1 amide bonds. The number of amides is 1. The van der Waals surface area contributed by atoms with E-state index in [4.69, 9.17) is 16.3 Å². The van der Waals surface area contributed by atoms with E-state index >= 15 is 0 Å². The molecule has 1 fully saturated rings. The Hall–Kier alpha value is -2.83. The van der Waals surface area contributed by atoms with E-state index in [0.29, 0.717) is 35.1 Å². The maximum absolute atomic E-state index is 13.1. The van der Waals surface area contributed by atoms with E-state index in [2.05, 4.69) is 18.7 Å². The van der Waals surface area contributed by atoms with E-state index in [-0.39, 0.29) is 11.3 Å². The number of aliphatic hydroxyl groups is 1. The van der Waals surface area contributed by atoms with Crippen LogP contribution < -0.4 is 4.74 Å². The van der Waals surface area contributed by atoms with Gasteiger partial charge in [-0.25, -0.2) is 0 Å². The average molecular weight is 485 g/mol. The molecule has 0 aromatic heterocycles. The molecule has 1 unspecified atom stereocenters. The number of ketones is 1. The molecule has 7 heteroatoms. The van der Waals surface area contributed by atoms with Crippen molar-refractivity contribution < 1.29 is 19.4 Å². The smallest absolute Gasteiger partial charge is 0.295 e. The van der Waals surface area contributed by atoms with Gasteiger partial charge in [0.25, 0.3) is 11.7 Å². The predicted octanol–water partition coefficient (Wildman–Crippen LogP) is 5.28. The van der Waals surface area contributed by atoms with Crippen molar-refractivity contribution in [3.63, 3.8) is 0 Å². The fourth-order valence-electron chi connectivity index (χ4n) is 4.22. The zero-order valence-corrected chi connectivity index (χ0v) is 20.8. The number of carbonyl (C=O) groups excluding carboxylic acids is 2. The van der Waals surface area contributed by atoms with Crippen LogP contribution in [0.3, 0.4) is 0 Å². The van der Waals surface area contributed by atoms with Gasteiger partial charge in [-0.05, 0) is 74.4 Å². The maximum atomic E-state index is 13.1. The summed E-state index contributed by atoms with van der Waals surface area (Å²) in [6.45, 7) is 9.88. The lowest BCUT2D eigenvalue weighted by Crippen LogP contribution is -2.33.